The third-order valence-electron chi connectivity index (χ3n) is 4.70. The van der Waals surface area contributed by atoms with E-state index in [9.17, 15) is 9.59 Å². The fraction of sp³-hybridized carbons (Fsp3) is 0.529. The van der Waals surface area contributed by atoms with Crippen LogP contribution >= 0.6 is 23.1 Å². The zero-order chi connectivity index (χ0) is 17.6. The van der Waals surface area contributed by atoms with Gasteiger partial charge in [0.2, 0.25) is 5.91 Å². The second-order valence-corrected chi connectivity index (χ2v) is 9.16. The van der Waals surface area contributed by atoms with Crippen molar-refractivity contribution in [3.05, 3.63) is 38.3 Å². The lowest BCUT2D eigenvalue weighted by Crippen LogP contribution is -2.36. The number of anilines is 1. The SMILES string of the molecule is CC1(C)C[C@H](n2[nH]c(=O)c3c2NC(=O)CS[C@H]3c2cccs2)CCO1. The van der Waals surface area contributed by atoms with Crippen LogP contribution in [0.15, 0.2) is 22.3 Å². The zero-order valence-corrected chi connectivity index (χ0v) is 15.8. The molecule has 134 valence electrons. The minimum Gasteiger partial charge on any atom is -0.375 e. The van der Waals surface area contributed by atoms with Gasteiger partial charge in [0.15, 0.2) is 0 Å². The molecular weight excluding hydrogens is 358 g/mol. The van der Waals surface area contributed by atoms with Crippen molar-refractivity contribution in [2.24, 2.45) is 0 Å². The molecule has 0 bridgehead atoms. The van der Waals surface area contributed by atoms with Crippen LogP contribution in [0.5, 0.6) is 0 Å². The van der Waals surface area contributed by atoms with Crippen molar-refractivity contribution in [2.45, 2.75) is 43.6 Å². The lowest BCUT2D eigenvalue weighted by Gasteiger charge is -2.36. The number of amides is 1. The number of H-pyrrole nitrogens is 1. The van der Waals surface area contributed by atoms with Crippen LogP contribution in [0.2, 0.25) is 0 Å². The van der Waals surface area contributed by atoms with E-state index in [1.165, 1.54) is 11.8 Å². The average molecular weight is 380 g/mol. The van der Waals surface area contributed by atoms with Gasteiger partial charge < -0.3 is 10.1 Å². The van der Waals surface area contributed by atoms with Crippen LogP contribution in [0.4, 0.5) is 5.82 Å². The van der Waals surface area contributed by atoms with Gasteiger partial charge >= 0.3 is 0 Å². The Labute approximate surface area is 153 Å². The Hall–Kier alpha value is -1.51. The number of nitrogens with one attached hydrogen (secondary N) is 2. The van der Waals surface area contributed by atoms with Crippen molar-refractivity contribution in [1.29, 1.82) is 0 Å². The van der Waals surface area contributed by atoms with E-state index in [0.717, 1.165) is 17.7 Å². The molecule has 2 aliphatic heterocycles. The zero-order valence-electron chi connectivity index (χ0n) is 14.2. The molecule has 1 amide bonds. The van der Waals surface area contributed by atoms with Crippen LogP contribution in [-0.4, -0.2) is 33.6 Å². The number of nitrogens with zero attached hydrogens (tertiary/aromatic N) is 1. The van der Waals surface area contributed by atoms with Crippen LogP contribution in [-0.2, 0) is 9.53 Å². The molecule has 0 spiro atoms. The highest BCUT2D eigenvalue weighted by molar-refractivity contribution is 8.00. The maximum Gasteiger partial charge on any atom is 0.271 e. The highest BCUT2D eigenvalue weighted by Crippen LogP contribution is 2.43. The molecule has 2 atom stereocenters. The number of hydrogen-bond donors (Lipinski definition) is 2. The summed E-state index contributed by atoms with van der Waals surface area (Å²) in [6.45, 7) is 4.76. The summed E-state index contributed by atoms with van der Waals surface area (Å²) in [4.78, 5) is 26.1. The van der Waals surface area contributed by atoms with Gasteiger partial charge in [-0.1, -0.05) is 6.07 Å². The number of ether oxygens (including phenoxy) is 1. The molecule has 6 nitrogen and oxygen atoms in total. The molecule has 0 saturated carbocycles. The first-order valence-electron chi connectivity index (χ1n) is 8.38. The van der Waals surface area contributed by atoms with Gasteiger partial charge in [-0.25, -0.2) is 0 Å². The molecule has 2 N–H and O–H groups in total. The summed E-state index contributed by atoms with van der Waals surface area (Å²) in [5, 5.41) is 7.83. The van der Waals surface area contributed by atoms with Gasteiger partial charge in [-0.2, -0.15) is 0 Å². The molecule has 0 unspecified atom stereocenters. The van der Waals surface area contributed by atoms with Crippen LogP contribution < -0.4 is 10.9 Å². The standard InChI is InChI=1S/C17H21N3O3S2/c1-17(2)8-10(5-6-23-17)20-15-13(16(22)19-20)14(11-4-3-7-24-11)25-9-12(21)18-15/h3-4,7,10,14H,5-6,8-9H2,1-2H3,(H,18,21)(H,19,22)/t10-,14+/m1/s1. The Morgan fingerprint density at radius 2 is 2.20 bits per heavy atom. The van der Waals surface area contributed by atoms with E-state index in [4.69, 9.17) is 4.74 Å². The minimum atomic E-state index is -0.242. The second kappa shape index (κ2) is 6.34. The largest absolute Gasteiger partial charge is 0.375 e. The van der Waals surface area contributed by atoms with E-state index in [1.807, 2.05) is 22.2 Å². The maximum absolute atomic E-state index is 12.8. The smallest absolute Gasteiger partial charge is 0.271 e. The van der Waals surface area contributed by atoms with Gasteiger partial charge in [0.05, 0.1) is 28.2 Å². The topological polar surface area (TPSA) is 76.1 Å². The fourth-order valence-corrected chi connectivity index (χ4v) is 5.70. The summed E-state index contributed by atoms with van der Waals surface area (Å²) in [7, 11) is 0. The number of carbonyl (C=O) groups is 1. The molecule has 0 radical (unpaired) electrons. The molecule has 8 heteroatoms. The maximum atomic E-state index is 12.8. The third kappa shape index (κ3) is 3.18. The molecule has 1 saturated heterocycles. The van der Waals surface area contributed by atoms with E-state index in [-0.39, 0.29) is 28.4 Å². The number of thioether (sulfide) groups is 1. The second-order valence-electron chi connectivity index (χ2n) is 7.08. The third-order valence-corrected chi connectivity index (χ3v) is 7.04. The predicted molar refractivity (Wildman–Crippen MR) is 101 cm³/mol. The van der Waals surface area contributed by atoms with Gasteiger partial charge in [0, 0.05) is 11.5 Å². The van der Waals surface area contributed by atoms with E-state index < -0.39 is 0 Å². The number of rotatable bonds is 2. The van der Waals surface area contributed by atoms with Crippen molar-refractivity contribution in [2.75, 3.05) is 17.7 Å². The molecule has 25 heavy (non-hydrogen) atoms. The Morgan fingerprint density at radius 3 is 2.92 bits per heavy atom. The quantitative estimate of drug-likeness (QED) is 0.840. The Bertz CT molecular complexity index is 838. The van der Waals surface area contributed by atoms with Crippen LogP contribution in [0.25, 0.3) is 0 Å². The Kier molecular flexibility index (Phi) is 4.29. The van der Waals surface area contributed by atoms with Crippen molar-refractivity contribution >= 4 is 34.8 Å². The van der Waals surface area contributed by atoms with Crippen LogP contribution in [0, 0.1) is 0 Å². The van der Waals surface area contributed by atoms with Gasteiger partial charge in [-0.05, 0) is 38.1 Å². The predicted octanol–water partition coefficient (Wildman–Crippen LogP) is 3.14. The minimum absolute atomic E-state index is 0.0654. The number of thiophene rings is 1. The first-order valence-corrected chi connectivity index (χ1v) is 10.3. The molecule has 0 aromatic carbocycles. The summed E-state index contributed by atoms with van der Waals surface area (Å²) >= 11 is 3.12. The average Bonchev–Trinajstić information content (AvgIpc) is 3.13. The van der Waals surface area contributed by atoms with E-state index in [0.29, 0.717) is 23.7 Å². The molecule has 0 aliphatic carbocycles. The van der Waals surface area contributed by atoms with Crippen LogP contribution in [0.3, 0.4) is 0 Å². The van der Waals surface area contributed by atoms with E-state index >= 15 is 0 Å². The Balaban J connectivity index is 1.80. The Morgan fingerprint density at radius 1 is 1.36 bits per heavy atom. The summed E-state index contributed by atoms with van der Waals surface area (Å²) in [6, 6.07) is 4.11. The molecule has 1 fully saturated rings. The number of aromatic nitrogens is 2. The summed E-state index contributed by atoms with van der Waals surface area (Å²) in [5.41, 5.74) is 0.295. The number of hydrogen-bond acceptors (Lipinski definition) is 5. The molecule has 4 rings (SSSR count). The molecule has 4 heterocycles. The number of carbonyl (C=O) groups excluding carboxylic acids is 1. The lowest BCUT2D eigenvalue weighted by molar-refractivity contribution is -0.113. The summed E-state index contributed by atoms with van der Waals surface area (Å²) in [6.07, 6.45) is 1.60. The van der Waals surface area contributed by atoms with Gasteiger partial charge in [0.25, 0.3) is 5.56 Å². The highest BCUT2D eigenvalue weighted by atomic mass is 32.2. The normalized spacial score (nSPS) is 25.9. The molecule has 2 aromatic rings. The van der Waals surface area contributed by atoms with Crippen molar-refractivity contribution in [1.82, 2.24) is 9.78 Å². The summed E-state index contributed by atoms with van der Waals surface area (Å²) < 4.78 is 7.67. The van der Waals surface area contributed by atoms with Crippen molar-refractivity contribution < 1.29 is 9.53 Å². The van der Waals surface area contributed by atoms with Crippen molar-refractivity contribution in [3.8, 4) is 0 Å². The molecular formula is C17H21N3O3S2. The lowest BCUT2D eigenvalue weighted by atomic mass is 9.94. The fourth-order valence-electron chi connectivity index (χ4n) is 3.60. The summed E-state index contributed by atoms with van der Waals surface area (Å²) in [5.74, 6) is 0.904. The van der Waals surface area contributed by atoms with Gasteiger partial charge in [0.1, 0.15) is 5.82 Å². The highest BCUT2D eigenvalue weighted by Gasteiger charge is 2.36. The number of fused-ring (bicyclic) bond motifs is 1. The van der Waals surface area contributed by atoms with Gasteiger partial charge in [-0.3, -0.25) is 19.4 Å². The van der Waals surface area contributed by atoms with E-state index in [1.54, 1.807) is 11.3 Å². The van der Waals surface area contributed by atoms with Crippen molar-refractivity contribution in [3.63, 3.8) is 0 Å². The first-order chi connectivity index (χ1) is 11.9. The van der Waals surface area contributed by atoms with E-state index in [2.05, 4.69) is 24.3 Å². The number of aromatic amines is 1. The monoisotopic (exact) mass is 379 g/mol. The van der Waals surface area contributed by atoms with Gasteiger partial charge in [-0.15, -0.1) is 23.1 Å². The molecule has 2 aromatic heterocycles. The first kappa shape index (κ1) is 16.9. The molecule has 2 aliphatic rings. The van der Waals surface area contributed by atoms with Crippen LogP contribution in [0.1, 0.15) is 48.4 Å².